The van der Waals surface area contributed by atoms with E-state index < -0.39 is 5.60 Å². The Bertz CT molecular complexity index is 1030. The molecule has 0 saturated heterocycles. The molecule has 3 aromatic rings. The lowest BCUT2D eigenvalue weighted by atomic mass is 9.99. The van der Waals surface area contributed by atoms with E-state index in [-0.39, 0.29) is 6.09 Å². The van der Waals surface area contributed by atoms with Crippen molar-refractivity contribution >= 4 is 17.1 Å². The average Bonchev–Trinajstić information content (AvgIpc) is 3.05. The van der Waals surface area contributed by atoms with Gasteiger partial charge in [0.15, 0.2) is 11.3 Å². The number of rotatable bonds is 3. The van der Waals surface area contributed by atoms with Gasteiger partial charge in [-0.3, -0.25) is 0 Å². The summed E-state index contributed by atoms with van der Waals surface area (Å²) >= 11 is 0. The van der Waals surface area contributed by atoms with Gasteiger partial charge in [-0.15, -0.1) is 0 Å². The summed E-state index contributed by atoms with van der Waals surface area (Å²) in [5.74, 6) is 1.65. The zero-order valence-corrected chi connectivity index (χ0v) is 17.5. The molecular formula is C24H27NO4. The summed E-state index contributed by atoms with van der Waals surface area (Å²) in [7, 11) is 1.66. The number of carbonyl (C=O) groups excluding carboxylic acids is 1. The van der Waals surface area contributed by atoms with Crippen molar-refractivity contribution in [1.82, 2.24) is 4.90 Å². The first-order valence-corrected chi connectivity index (χ1v) is 9.97. The Labute approximate surface area is 171 Å². The third-order valence-corrected chi connectivity index (χ3v) is 5.08. The monoisotopic (exact) mass is 393 g/mol. The standard InChI is InChI=1S/C24H27NO4/c1-24(2,3)29-23(26)25-11-10-20-19(15-25)18-13-17(12-16-8-6-5-7-9-16)14-21(27-4)22(18)28-20/h5-9,13-14H,10-12,15H2,1-4H3. The van der Waals surface area contributed by atoms with Crippen molar-refractivity contribution in [1.29, 1.82) is 0 Å². The SMILES string of the molecule is COc1cc(Cc2ccccc2)cc2c3c(oc12)CCN(C(=O)OC(C)(C)C)C3. The van der Waals surface area contributed by atoms with Crippen molar-refractivity contribution < 1.29 is 18.7 Å². The molecule has 0 saturated carbocycles. The molecule has 0 unspecified atom stereocenters. The first kappa shape index (κ1) is 19.4. The number of carbonyl (C=O) groups is 1. The fourth-order valence-corrected chi connectivity index (χ4v) is 3.77. The molecule has 2 aromatic carbocycles. The van der Waals surface area contributed by atoms with Crippen molar-refractivity contribution in [2.45, 2.75) is 45.8 Å². The van der Waals surface area contributed by atoms with Crippen LogP contribution in [0.4, 0.5) is 4.79 Å². The van der Waals surface area contributed by atoms with Crippen molar-refractivity contribution in [3.05, 3.63) is 64.9 Å². The van der Waals surface area contributed by atoms with E-state index in [0.717, 1.165) is 40.0 Å². The number of amides is 1. The summed E-state index contributed by atoms with van der Waals surface area (Å²) in [6, 6.07) is 14.5. The second-order valence-electron chi connectivity index (χ2n) is 8.49. The summed E-state index contributed by atoms with van der Waals surface area (Å²) in [5.41, 5.74) is 3.67. The zero-order chi connectivity index (χ0) is 20.6. The predicted molar refractivity (Wildman–Crippen MR) is 112 cm³/mol. The number of ether oxygens (including phenoxy) is 2. The van der Waals surface area contributed by atoms with E-state index in [4.69, 9.17) is 13.9 Å². The molecule has 5 heteroatoms. The van der Waals surface area contributed by atoms with E-state index in [1.54, 1.807) is 12.0 Å². The minimum absolute atomic E-state index is 0.287. The fourth-order valence-electron chi connectivity index (χ4n) is 3.77. The van der Waals surface area contributed by atoms with Crippen LogP contribution in [0.2, 0.25) is 0 Å². The van der Waals surface area contributed by atoms with Crippen LogP contribution in [0, 0.1) is 0 Å². The summed E-state index contributed by atoms with van der Waals surface area (Å²) in [5, 5.41) is 1.01. The molecule has 1 aliphatic heterocycles. The minimum Gasteiger partial charge on any atom is -0.493 e. The number of nitrogens with zero attached hydrogens (tertiary/aromatic N) is 1. The molecular weight excluding hydrogens is 366 g/mol. The van der Waals surface area contributed by atoms with Crippen molar-refractivity contribution in [2.24, 2.45) is 0 Å². The van der Waals surface area contributed by atoms with Crippen molar-refractivity contribution in [3.8, 4) is 5.75 Å². The average molecular weight is 393 g/mol. The lowest BCUT2D eigenvalue weighted by Crippen LogP contribution is -2.39. The van der Waals surface area contributed by atoms with Crippen LogP contribution < -0.4 is 4.74 Å². The fraction of sp³-hybridized carbons (Fsp3) is 0.375. The minimum atomic E-state index is -0.512. The summed E-state index contributed by atoms with van der Waals surface area (Å²) in [6.45, 7) is 6.72. The molecule has 29 heavy (non-hydrogen) atoms. The van der Waals surface area contributed by atoms with Crippen molar-refractivity contribution in [3.63, 3.8) is 0 Å². The van der Waals surface area contributed by atoms with E-state index in [0.29, 0.717) is 19.5 Å². The molecule has 0 atom stereocenters. The Kier molecular flexibility index (Phi) is 4.99. The molecule has 0 radical (unpaired) electrons. The van der Waals surface area contributed by atoms with Gasteiger partial charge in [0, 0.05) is 23.9 Å². The predicted octanol–water partition coefficient (Wildman–Crippen LogP) is 5.33. The maximum Gasteiger partial charge on any atom is 0.410 e. The van der Waals surface area contributed by atoms with E-state index >= 15 is 0 Å². The summed E-state index contributed by atoms with van der Waals surface area (Å²) in [6.07, 6.45) is 1.19. The van der Waals surface area contributed by atoms with Crippen LogP contribution in [0.25, 0.3) is 11.0 Å². The van der Waals surface area contributed by atoms with Gasteiger partial charge in [0.25, 0.3) is 0 Å². The van der Waals surface area contributed by atoms with E-state index in [1.165, 1.54) is 5.56 Å². The summed E-state index contributed by atoms with van der Waals surface area (Å²) < 4.78 is 17.3. The lowest BCUT2D eigenvalue weighted by molar-refractivity contribution is 0.0220. The highest BCUT2D eigenvalue weighted by Gasteiger charge is 2.29. The third kappa shape index (κ3) is 4.09. The number of hydrogen-bond donors (Lipinski definition) is 0. The van der Waals surface area contributed by atoms with Crippen LogP contribution in [0.1, 0.15) is 43.2 Å². The highest BCUT2D eigenvalue weighted by molar-refractivity contribution is 5.89. The Balaban J connectivity index is 1.69. The van der Waals surface area contributed by atoms with E-state index in [9.17, 15) is 4.79 Å². The molecule has 1 aliphatic rings. The molecule has 4 rings (SSSR count). The third-order valence-electron chi connectivity index (χ3n) is 5.08. The van der Waals surface area contributed by atoms with Crippen LogP contribution in [-0.4, -0.2) is 30.2 Å². The van der Waals surface area contributed by atoms with Crippen molar-refractivity contribution in [2.75, 3.05) is 13.7 Å². The van der Waals surface area contributed by atoms with Crippen LogP contribution in [0.5, 0.6) is 5.75 Å². The highest BCUT2D eigenvalue weighted by atomic mass is 16.6. The molecule has 152 valence electrons. The van der Waals surface area contributed by atoms with Crippen LogP contribution in [0.15, 0.2) is 46.9 Å². The normalized spacial score (nSPS) is 14.0. The number of benzene rings is 2. The number of furan rings is 1. The van der Waals surface area contributed by atoms with Crippen LogP contribution in [-0.2, 0) is 24.1 Å². The zero-order valence-electron chi connectivity index (χ0n) is 17.5. The number of fused-ring (bicyclic) bond motifs is 3. The Morgan fingerprint density at radius 3 is 2.59 bits per heavy atom. The molecule has 0 N–H and O–H groups in total. The van der Waals surface area contributed by atoms with E-state index in [1.807, 2.05) is 45.0 Å². The first-order valence-electron chi connectivity index (χ1n) is 9.97. The molecule has 2 heterocycles. The quantitative estimate of drug-likeness (QED) is 0.604. The molecule has 0 aliphatic carbocycles. The van der Waals surface area contributed by atoms with Gasteiger partial charge in [0.2, 0.25) is 0 Å². The van der Waals surface area contributed by atoms with Gasteiger partial charge in [-0.1, -0.05) is 30.3 Å². The Morgan fingerprint density at radius 1 is 1.14 bits per heavy atom. The second kappa shape index (κ2) is 7.47. The summed E-state index contributed by atoms with van der Waals surface area (Å²) in [4.78, 5) is 14.3. The molecule has 0 fully saturated rings. The smallest absolute Gasteiger partial charge is 0.410 e. The number of hydrogen-bond acceptors (Lipinski definition) is 4. The molecule has 1 amide bonds. The van der Waals surface area contributed by atoms with Gasteiger partial charge in [0.1, 0.15) is 11.4 Å². The molecule has 5 nitrogen and oxygen atoms in total. The van der Waals surface area contributed by atoms with Crippen LogP contribution >= 0.6 is 0 Å². The topological polar surface area (TPSA) is 51.9 Å². The van der Waals surface area contributed by atoms with Gasteiger partial charge >= 0.3 is 6.09 Å². The maximum absolute atomic E-state index is 12.6. The van der Waals surface area contributed by atoms with Gasteiger partial charge in [0.05, 0.1) is 13.7 Å². The van der Waals surface area contributed by atoms with Gasteiger partial charge in [-0.2, -0.15) is 0 Å². The maximum atomic E-state index is 12.6. The molecule has 1 aromatic heterocycles. The molecule has 0 bridgehead atoms. The second-order valence-corrected chi connectivity index (χ2v) is 8.49. The van der Waals surface area contributed by atoms with E-state index in [2.05, 4.69) is 18.2 Å². The Morgan fingerprint density at radius 2 is 1.90 bits per heavy atom. The van der Waals surface area contributed by atoms with Gasteiger partial charge in [-0.05, 0) is 50.5 Å². The van der Waals surface area contributed by atoms with Gasteiger partial charge in [-0.25, -0.2) is 4.79 Å². The lowest BCUT2D eigenvalue weighted by Gasteiger charge is -2.29. The largest absolute Gasteiger partial charge is 0.493 e. The first-order chi connectivity index (χ1) is 13.8. The molecule has 0 spiro atoms. The highest BCUT2D eigenvalue weighted by Crippen LogP contribution is 2.37. The van der Waals surface area contributed by atoms with Crippen LogP contribution in [0.3, 0.4) is 0 Å². The number of methoxy groups -OCH3 is 1. The Hall–Kier alpha value is -2.95. The van der Waals surface area contributed by atoms with Gasteiger partial charge < -0.3 is 18.8 Å².